The SMILES string of the molecule is O[C@@H](CNCc1cccc2c1OCCCO2)c1ccccc1. The smallest absolute Gasteiger partial charge is 0.165 e. The van der Waals surface area contributed by atoms with Crippen molar-refractivity contribution in [2.75, 3.05) is 19.8 Å². The van der Waals surface area contributed by atoms with Gasteiger partial charge in [0.05, 0.1) is 19.3 Å². The highest BCUT2D eigenvalue weighted by Crippen LogP contribution is 2.33. The van der Waals surface area contributed by atoms with Gasteiger partial charge in [0, 0.05) is 25.1 Å². The Morgan fingerprint density at radius 2 is 1.82 bits per heavy atom. The lowest BCUT2D eigenvalue weighted by molar-refractivity contribution is 0.174. The maximum Gasteiger partial charge on any atom is 0.165 e. The van der Waals surface area contributed by atoms with Gasteiger partial charge in [-0.15, -0.1) is 0 Å². The second kappa shape index (κ2) is 7.29. The van der Waals surface area contributed by atoms with E-state index in [1.807, 2.05) is 48.5 Å². The van der Waals surface area contributed by atoms with Crippen molar-refractivity contribution in [3.8, 4) is 11.5 Å². The van der Waals surface area contributed by atoms with Crippen molar-refractivity contribution in [2.24, 2.45) is 0 Å². The normalized spacial score (nSPS) is 15.1. The van der Waals surface area contributed by atoms with E-state index in [1.54, 1.807) is 0 Å². The summed E-state index contributed by atoms with van der Waals surface area (Å²) in [6.07, 6.45) is 0.384. The molecule has 1 atom stereocenters. The minimum atomic E-state index is -0.513. The molecule has 2 aromatic rings. The number of hydrogen-bond acceptors (Lipinski definition) is 4. The van der Waals surface area contributed by atoms with Gasteiger partial charge in [0.25, 0.3) is 0 Å². The van der Waals surface area contributed by atoms with Gasteiger partial charge < -0.3 is 19.9 Å². The van der Waals surface area contributed by atoms with Gasteiger partial charge in [0.2, 0.25) is 0 Å². The van der Waals surface area contributed by atoms with Crippen LogP contribution in [0.5, 0.6) is 11.5 Å². The molecule has 1 aliphatic heterocycles. The zero-order chi connectivity index (χ0) is 15.2. The lowest BCUT2D eigenvalue weighted by atomic mass is 10.1. The fourth-order valence-corrected chi connectivity index (χ4v) is 2.53. The van der Waals surface area contributed by atoms with E-state index in [2.05, 4.69) is 5.32 Å². The number of para-hydroxylation sites is 1. The fourth-order valence-electron chi connectivity index (χ4n) is 2.53. The van der Waals surface area contributed by atoms with E-state index in [9.17, 15) is 5.11 Å². The molecule has 0 fully saturated rings. The van der Waals surface area contributed by atoms with Crippen LogP contribution in [0.25, 0.3) is 0 Å². The molecule has 0 aromatic heterocycles. The Morgan fingerprint density at radius 1 is 1.00 bits per heavy atom. The predicted molar refractivity (Wildman–Crippen MR) is 85.2 cm³/mol. The zero-order valence-corrected chi connectivity index (χ0v) is 12.5. The van der Waals surface area contributed by atoms with Gasteiger partial charge in [-0.1, -0.05) is 42.5 Å². The molecule has 2 N–H and O–H groups in total. The fraction of sp³-hybridized carbons (Fsp3) is 0.333. The lowest BCUT2D eigenvalue weighted by Gasteiger charge is -2.15. The summed E-state index contributed by atoms with van der Waals surface area (Å²) >= 11 is 0. The lowest BCUT2D eigenvalue weighted by Crippen LogP contribution is -2.21. The average molecular weight is 299 g/mol. The number of aliphatic hydroxyl groups excluding tert-OH is 1. The Morgan fingerprint density at radius 3 is 2.68 bits per heavy atom. The molecule has 0 saturated carbocycles. The summed E-state index contributed by atoms with van der Waals surface area (Å²) in [5.41, 5.74) is 1.97. The molecule has 0 saturated heterocycles. The molecule has 0 unspecified atom stereocenters. The molecule has 4 nitrogen and oxygen atoms in total. The second-order valence-electron chi connectivity index (χ2n) is 5.35. The van der Waals surface area contributed by atoms with Crippen LogP contribution in [0.15, 0.2) is 48.5 Å². The van der Waals surface area contributed by atoms with Crippen molar-refractivity contribution in [3.05, 3.63) is 59.7 Å². The minimum Gasteiger partial charge on any atom is -0.490 e. The van der Waals surface area contributed by atoms with Gasteiger partial charge in [-0.2, -0.15) is 0 Å². The molecule has 22 heavy (non-hydrogen) atoms. The maximum atomic E-state index is 10.2. The molecule has 0 bridgehead atoms. The second-order valence-corrected chi connectivity index (χ2v) is 5.35. The monoisotopic (exact) mass is 299 g/mol. The van der Waals surface area contributed by atoms with Crippen molar-refractivity contribution in [1.29, 1.82) is 0 Å². The first kappa shape index (κ1) is 14.9. The van der Waals surface area contributed by atoms with Crippen LogP contribution in [-0.4, -0.2) is 24.9 Å². The zero-order valence-electron chi connectivity index (χ0n) is 12.5. The van der Waals surface area contributed by atoms with Crippen molar-refractivity contribution in [3.63, 3.8) is 0 Å². The van der Waals surface area contributed by atoms with Crippen molar-refractivity contribution < 1.29 is 14.6 Å². The number of hydrogen-bond donors (Lipinski definition) is 2. The Balaban J connectivity index is 1.60. The highest BCUT2D eigenvalue weighted by Gasteiger charge is 2.14. The highest BCUT2D eigenvalue weighted by atomic mass is 16.5. The average Bonchev–Trinajstić information content (AvgIpc) is 2.81. The van der Waals surface area contributed by atoms with Gasteiger partial charge in [0.1, 0.15) is 0 Å². The van der Waals surface area contributed by atoms with E-state index in [0.29, 0.717) is 26.3 Å². The quantitative estimate of drug-likeness (QED) is 0.891. The van der Waals surface area contributed by atoms with Gasteiger partial charge in [-0.3, -0.25) is 0 Å². The number of aliphatic hydroxyl groups is 1. The number of ether oxygens (including phenoxy) is 2. The third kappa shape index (κ3) is 3.59. The topological polar surface area (TPSA) is 50.7 Å². The molecule has 0 radical (unpaired) electrons. The third-order valence-corrected chi connectivity index (χ3v) is 3.69. The minimum absolute atomic E-state index is 0.495. The summed E-state index contributed by atoms with van der Waals surface area (Å²) in [6.45, 7) is 2.50. The molecule has 0 aliphatic carbocycles. The van der Waals surface area contributed by atoms with Crippen molar-refractivity contribution >= 4 is 0 Å². The molecule has 116 valence electrons. The van der Waals surface area contributed by atoms with Crippen LogP contribution in [0.2, 0.25) is 0 Å². The van der Waals surface area contributed by atoms with Crippen LogP contribution < -0.4 is 14.8 Å². The number of fused-ring (bicyclic) bond motifs is 1. The molecule has 1 aliphatic rings. The number of benzene rings is 2. The van der Waals surface area contributed by atoms with Gasteiger partial charge in [-0.25, -0.2) is 0 Å². The number of nitrogens with one attached hydrogen (secondary N) is 1. The molecule has 4 heteroatoms. The molecular formula is C18H21NO3. The van der Waals surface area contributed by atoms with Crippen LogP contribution in [0.3, 0.4) is 0 Å². The van der Waals surface area contributed by atoms with Crippen LogP contribution >= 0.6 is 0 Å². The largest absolute Gasteiger partial charge is 0.490 e. The summed E-state index contributed by atoms with van der Waals surface area (Å²) in [5, 5.41) is 13.4. The number of rotatable bonds is 5. The maximum absolute atomic E-state index is 10.2. The molecule has 3 rings (SSSR count). The van der Waals surface area contributed by atoms with Crippen molar-refractivity contribution in [1.82, 2.24) is 5.32 Å². The van der Waals surface area contributed by atoms with E-state index in [-0.39, 0.29) is 0 Å². The molecule has 0 spiro atoms. The summed E-state index contributed by atoms with van der Waals surface area (Å²) < 4.78 is 11.5. The molecule has 0 amide bonds. The van der Waals surface area contributed by atoms with Gasteiger partial charge >= 0.3 is 0 Å². The summed E-state index contributed by atoms with van der Waals surface area (Å²) in [5.74, 6) is 1.63. The molecular weight excluding hydrogens is 278 g/mol. The predicted octanol–water partition coefficient (Wildman–Crippen LogP) is 2.67. The third-order valence-electron chi connectivity index (χ3n) is 3.69. The van der Waals surface area contributed by atoms with Crippen molar-refractivity contribution in [2.45, 2.75) is 19.1 Å². The Labute approximate surface area is 130 Å². The van der Waals surface area contributed by atoms with E-state index in [1.165, 1.54) is 0 Å². The van der Waals surface area contributed by atoms with Crippen LogP contribution in [0.4, 0.5) is 0 Å². The van der Waals surface area contributed by atoms with E-state index < -0.39 is 6.10 Å². The van der Waals surface area contributed by atoms with Crippen LogP contribution in [-0.2, 0) is 6.54 Å². The summed E-state index contributed by atoms with van der Waals surface area (Å²) in [7, 11) is 0. The summed E-state index contributed by atoms with van der Waals surface area (Å²) in [6, 6.07) is 15.6. The van der Waals surface area contributed by atoms with E-state index >= 15 is 0 Å². The van der Waals surface area contributed by atoms with Gasteiger partial charge in [0.15, 0.2) is 11.5 Å². The first-order valence-electron chi connectivity index (χ1n) is 7.66. The summed E-state index contributed by atoms with van der Waals surface area (Å²) in [4.78, 5) is 0. The van der Waals surface area contributed by atoms with E-state index in [0.717, 1.165) is 29.0 Å². The Kier molecular flexibility index (Phi) is 4.93. The van der Waals surface area contributed by atoms with E-state index in [4.69, 9.17) is 9.47 Å². The van der Waals surface area contributed by atoms with Crippen LogP contribution in [0, 0.1) is 0 Å². The van der Waals surface area contributed by atoms with Crippen LogP contribution in [0.1, 0.15) is 23.7 Å². The Bertz CT molecular complexity index is 601. The molecule has 2 aromatic carbocycles. The first-order valence-corrected chi connectivity index (χ1v) is 7.66. The Hall–Kier alpha value is -2.04. The highest BCUT2D eigenvalue weighted by molar-refractivity contribution is 5.47. The first-order chi connectivity index (χ1) is 10.8. The standard InChI is InChI=1S/C18H21NO3/c20-16(14-6-2-1-3-7-14)13-19-12-15-8-4-9-17-18(15)22-11-5-10-21-17/h1-4,6-9,16,19-20H,5,10-13H2/t16-/m0/s1. The van der Waals surface area contributed by atoms with Gasteiger partial charge in [-0.05, 0) is 11.6 Å². The molecule has 1 heterocycles.